The Morgan fingerprint density at radius 1 is 1.29 bits per heavy atom. The fraction of sp³-hybridized carbons (Fsp3) is 0.364. The van der Waals surface area contributed by atoms with E-state index in [0.29, 0.717) is 11.5 Å². The summed E-state index contributed by atoms with van der Waals surface area (Å²) in [5.74, 6) is -0.196. The number of hydrogen-bond donors (Lipinski definition) is 2. The van der Waals surface area contributed by atoms with E-state index in [1.807, 2.05) is 19.6 Å². The van der Waals surface area contributed by atoms with Crippen LogP contribution in [0.2, 0.25) is 19.6 Å². The number of hydrogen-bond acceptors (Lipinski definition) is 4. The largest absolute Gasteiger partial charge is 0.542 e. The van der Waals surface area contributed by atoms with Crippen LogP contribution < -0.4 is 14.9 Å². The van der Waals surface area contributed by atoms with Crippen LogP contribution in [-0.2, 0) is 0 Å². The van der Waals surface area contributed by atoms with E-state index < -0.39 is 14.3 Å². The van der Waals surface area contributed by atoms with Gasteiger partial charge >= 0.3 is 5.97 Å². The molecular weight excluding hydrogens is 238 g/mol. The van der Waals surface area contributed by atoms with E-state index in [9.17, 15) is 4.79 Å². The van der Waals surface area contributed by atoms with E-state index in [2.05, 4.69) is 0 Å². The molecule has 0 atom stereocenters. The molecule has 3 N–H and O–H groups in total. The van der Waals surface area contributed by atoms with Gasteiger partial charge in [-0.3, -0.25) is 0 Å². The van der Waals surface area contributed by atoms with Gasteiger partial charge in [-0.1, -0.05) is 0 Å². The summed E-state index contributed by atoms with van der Waals surface area (Å²) in [4.78, 5) is 11.0. The zero-order valence-corrected chi connectivity index (χ0v) is 11.4. The van der Waals surface area contributed by atoms with Crippen molar-refractivity contribution in [3.8, 4) is 11.5 Å². The van der Waals surface area contributed by atoms with Crippen molar-refractivity contribution >= 4 is 20.0 Å². The highest BCUT2D eigenvalue weighted by Crippen LogP contribution is 2.33. The number of methoxy groups -OCH3 is 1. The fourth-order valence-corrected chi connectivity index (χ4v) is 2.15. The second-order valence-corrected chi connectivity index (χ2v) is 9.04. The first-order valence-electron chi connectivity index (χ1n) is 5.14. The summed E-state index contributed by atoms with van der Waals surface area (Å²) in [6.07, 6.45) is 0. The predicted molar refractivity (Wildman–Crippen MR) is 68.3 cm³/mol. The van der Waals surface area contributed by atoms with Gasteiger partial charge in [0.1, 0.15) is 5.75 Å². The molecular formula is C11H17NO4Si. The molecule has 0 bridgehead atoms. The third kappa shape index (κ3) is 3.38. The summed E-state index contributed by atoms with van der Waals surface area (Å²) in [5, 5.41) is 8.99. The Morgan fingerprint density at radius 3 is 2.29 bits per heavy atom. The van der Waals surface area contributed by atoms with Crippen LogP contribution in [-0.4, -0.2) is 26.5 Å². The predicted octanol–water partition coefficient (Wildman–Crippen LogP) is 2.19. The van der Waals surface area contributed by atoms with Gasteiger partial charge in [0.2, 0.25) is 8.32 Å². The Hall–Kier alpha value is -1.69. The molecule has 0 unspecified atom stereocenters. The SMILES string of the molecule is COc1cc(N)c(C(=O)O)cc1O[Si](C)(C)C. The number of ether oxygens (including phenoxy) is 1. The average Bonchev–Trinajstić information content (AvgIpc) is 2.17. The molecule has 0 fully saturated rings. The Morgan fingerprint density at radius 2 is 1.88 bits per heavy atom. The van der Waals surface area contributed by atoms with Gasteiger partial charge in [0.25, 0.3) is 0 Å². The molecule has 0 aliphatic carbocycles. The first kappa shape index (κ1) is 13.4. The minimum atomic E-state index is -1.83. The molecule has 17 heavy (non-hydrogen) atoms. The Kier molecular flexibility index (Phi) is 3.67. The molecule has 0 aliphatic heterocycles. The normalized spacial score (nSPS) is 11.1. The van der Waals surface area contributed by atoms with Crippen molar-refractivity contribution in [1.82, 2.24) is 0 Å². The van der Waals surface area contributed by atoms with Crippen molar-refractivity contribution in [3.05, 3.63) is 17.7 Å². The third-order valence-electron chi connectivity index (χ3n) is 1.98. The molecule has 1 aromatic rings. The van der Waals surface area contributed by atoms with Gasteiger partial charge in [-0.05, 0) is 25.7 Å². The monoisotopic (exact) mass is 255 g/mol. The van der Waals surface area contributed by atoms with Crippen LogP contribution in [0.15, 0.2) is 12.1 Å². The van der Waals surface area contributed by atoms with Crippen molar-refractivity contribution in [1.29, 1.82) is 0 Å². The van der Waals surface area contributed by atoms with Gasteiger partial charge in [-0.2, -0.15) is 0 Å². The highest BCUT2D eigenvalue weighted by molar-refractivity contribution is 6.70. The molecule has 0 spiro atoms. The summed E-state index contributed by atoms with van der Waals surface area (Å²) in [7, 11) is -0.342. The smallest absolute Gasteiger partial charge is 0.337 e. The quantitative estimate of drug-likeness (QED) is 0.636. The van der Waals surface area contributed by atoms with Crippen molar-refractivity contribution in [3.63, 3.8) is 0 Å². The minimum Gasteiger partial charge on any atom is -0.542 e. The zero-order valence-electron chi connectivity index (χ0n) is 10.4. The van der Waals surface area contributed by atoms with Crippen LogP contribution in [0.5, 0.6) is 11.5 Å². The van der Waals surface area contributed by atoms with E-state index in [0.717, 1.165) is 0 Å². The van der Waals surface area contributed by atoms with Crippen LogP contribution in [0.25, 0.3) is 0 Å². The van der Waals surface area contributed by atoms with Gasteiger partial charge in [0, 0.05) is 6.07 Å². The van der Waals surface area contributed by atoms with Crippen molar-refractivity contribution in [2.24, 2.45) is 0 Å². The van der Waals surface area contributed by atoms with E-state index in [1.54, 1.807) is 0 Å². The second kappa shape index (κ2) is 4.66. The molecule has 94 valence electrons. The summed E-state index contributed by atoms with van der Waals surface area (Å²) < 4.78 is 10.9. The summed E-state index contributed by atoms with van der Waals surface area (Å²) in [6, 6.07) is 2.88. The van der Waals surface area contributed by atoms with Crippen molar-refractivity contribution in [2.45, 2.75) is 19.6 Å². The lowest BCUT2D eigenvalue weighted by molar-refractivity contribution is 0.0697. The first-order valence-corrected chi connectivity index (χ1v) is 8.55. The summed E-state index contributed by atoms with van der Waals surface area (Å²) in [6.45, 7) is 6.01. The molecule has 0 saturated heterocycles. The van der Waals surface area contributed by atoms with Gasteiger partial charge in [0.15, 0.2) is 5.75 Å². The lowest BCUT2D eigenvalue weighted by atomic mass is 10.1. The highest BCUT2D eigenvalue weighted by atomic mass is 28.4. The minimum absolute atomic E-state index is 0.0269. The summed E-state index contributed by atoms with van der Waals surface area (Å²) >= 11 is 0. The van der Waals surface area contributed by atoms with E-state index >= 15 is 0 Å². The Balaban J connectivity index is 3.26. The molecule has 0 amide bonds. The number of anilines is 1. The van der Waals surface area contributed by atoms with Gasteiger partial charge in [0.05, 0.1) is 18.4 Å². The number of carboxylic acid groups (broad SMARTS) is 1. The molecule has 0 radical (unpaired) electrons. The van der Waals surface area contributed by atoms with Gasteiger partial charge < -0.3 is 20.0 Å². The standard InChI is InChI=1S/C11H17NO4Si/c1-15-9-6-8(12)7(11(13)14)5-10(9)16-17(2,3)4/h5-6H,12H2,1-4H3,(H,13,14). The highest BCUT2D eigenvalue weighted by Gasteiger charge is 2.21. The van der Waals surface area contributed by atoms with Gasteiger partial charge in [-0.25, -0.2) is 4.79 Å². The van der Waals surface area contributed by atoms with E-state index in [1.165, 1.54) is 19.2 Å². The van der Waals surface area contributed by atoms with E-state index in [4.69, 9.17) is 20.0 Å². The molecule has 0 saturated carbocycles. The number of carbonyl (C=O) groups is 1. The van der Waals surface area contributed by atoms with Crippen LogP contribution in [0.3, 0.4) is 0 Å². The van der Waals surface area contributed by atoms with Crippen LogP contribution in [0.4, 0.5) is 5.69 Å². The van der Waals surface area contributed by atoms with Crippen LogP contribution >= 0.6 is 0 Å². The maximum Gasteiger partial charge on any atom is 0.337 e. The number of benzene rings is 1. The maximum atomic E-state index is 11.0. The lowest BCUT2D eigenvalue weighted by Crippen LogP contribution is -2.29. The lowest BCUT2D eigenvalue weighted by Gasteiger charge is -2.21. The number of rotatable bonds is 4. The maximum absolute atomic E-state index is 11.0. The number of nitrogens with two attached hydrogens (primary N) is 1. The van der Waals surface area contributed by atoms with Crippen LogP contribution in [0.1, 0.15) is 10.4 Å². The third-order valence-corrected chi connectivity index (χ3v) is 2.81. The number of nitrogen functional groups attached to an aromatic ring is 1. The Labute approximate surface area is 101 Å². The molecule has 0 aliphatic rings. The van der Waals surface area contributed by atoms with Crippen LogP contribution in [0, 0.1) is 0 Å². The molecule has 6 heteroatoms. The zero-order chi connectivity index (χ0) is 13.2. The first-order chi connectivity index (χ1) is 7.74. The van der Waals surface area contributed by atoms with Crippen molar-refractivity contribution < 1.29 is 19.1 Å². The fourth-order valence-electron chi connectivity index (χ4n) is 1.33. The number of aromatic carboxylic acids is 1. The average molecular weight is 255 g/mol. The summed E-state index contributed by atoms with van der Waals surface area (Å²) in [5.41, 5.74) is 5.82. The molecule has 0 heterocycles. The van der Waals surface area contributed by atoms with Gasteiger partial charge in [-0.15, -0.1) is 0 Å². The number of carboxylic acids is 1. The Bertz CT molecular complexity index is 440. The molecule has 0 aromatic heterocycles. The second-order valence-electron chi connectivity index (χ2n) is 4.61. The topological polar surface area (TPSA) is 81.8 Å². The molecule has 5 nitrogen and oxygen atoms in total. The van der Waals surface area contributed by atoms with Crippen molar-refractivity contribution in [2.75, 3.05) is 12.8 Å². The molecule has 1 aromatic carbocycles. The van der Waals surface area contributed by atoms with E-state index in [-0.39, 0.29) is 11.3 Å². The molecule has 1 rings (SSSR count).